The van der Waals surface area contributed by atoms with Crippen LogP contribution < -0.4 is 10.6 Å². The summed E-state index contributed by atoms with van der Waals surface area (Å²) in [4.78, 5) is 12.9. The van der Waals surface area contributed by atoms with Crippen molar-refractivity contribution < 1.29 is 4.79 Å². The second kappa shape index (κ2) is 6.96. The Morgan fingerprint density at radius 3 is 2.95 bits per heavy atom. The molecule has 1 saturated carbocycles. The zero-order chi connectivity index (χ0) is 13.7. The van der Waals surface area contributed by atoms with E-state index in [0.29, 0.717) is 6.54 Å². The Labute approximate surface area is 119 Å². The Morgan fingerprint density at radius 1 is 1.47 bits per heavy atom. The highest BCUT2D eigenvalue weighted by Gasteiger charge is 2.20. The number of thioether (sulfide) groups is 1. The molecule has 1 atom stereocenters. The van der Waals surface area contributed by atoms with Crippen LogP contribution >= 0.6 is 11.8 Å². The highest BCUT2D eigenvalue weighted by atomic mass is 32.2. The molecular weight excluding hydrogens is 256 g/mol. The Balaban J connectivity index is 1.88. The number of benzene rings is 1. The van der Waals surface area contributed by atoms with E-state index in [2.05, 4.69) is 34.9 Å². The van der Waals surface area contributed by atoms with E-state index in [1.54, 1.807) is 11.8 Å². The lowest BCUT2D eigenvalue weighted by Gasteiger charge is -2.12. The third-order valence-corrected chi connectivity index (χ3v) is 4.20. The van der Waals surface area contributed by atoms with Gasteiger partial charge in [0.15, 0.2) is 0 Å². The molecule has 1 aromatic rings. The highest BCUT2D eigenvalue weighted by molar-refractivity contribution is 8.00. The molecule has 4 heteroatoms. The van der Waals surface area contributed by atoms with Crippen LogP contribution in [0.4, 0.5) is 0 Å². The highest BCUT2D eigenvalue weighted by Crippen LogP contribution is 2.25. The fourth-order valence-electron chi connectivity index (χ4n) is 1.85. The number of carbonyl (C=O) groups excluding carboxylic acids is 1. The summed E-state index contributed by atoms with van der Waals surface area (Å²) in [5.74, 6) is 0.106. The fraction of sp³-hybridized carbons (Fsp3) is 0.533. The van der Waals surface area contributed by atoms with E-state index in [1.165, 1.54) is 18.4 Å². The van der Waals surface area contributed by atoms with Crippen molar-refractivity contribution in [3.63, 3.8) is 0 Å². The summed E-state index contributed by atoms with van der Waals surface area (Å²) >= 11 is 1.62. The Hall–Kier alpha value is -1.00. The Bertz CT molecular complexity index is 432. The molecule has 1 aliphatic rings. The van der Waals surface area contributed by atoms with Gasteiger partial charge in [0, 0.05) is 24.0 Å². The predicted molar refractivity (Wildman–Crippen MR) is 80.3 cm³/mol. The molecule has 0 aliphatic heterocycles. The van der Waals surface area contributed by atoms with Crippen LogP contribution in [0.3, 0.4) is 0 Å². The van der Waals surface area contributed by atoms with Crippen molar-refractivity contribution in [2.45, 2.75) is 49.4 Å². The number of carbonyl (C=O) groups is 1. The van der Waals surface area contributed by atoms with Gasteiger partial charge >= 0.3 is 0 Å². The quantitative estimate of drug-likeness (QED) is 0.753. The second-order valence-electron chi connectivity index (χ2n) is 4.96. The summed E-state index contributed by atoms with van der Waals surface area (Å²) in [6, 6.07) is 9.18. The lowest BCUT2D eigenvalue weighted by atomic mass is 10.2. The van der Waals surface area contributed by atoms with Crippen molar-refractivity contribution >= 4 is 17.7 Å². The molecule has 1 aliphatic carbocycles. The third-order valence-electron chi connectivity index (χ3n) is 3.10. The van der Waals surface area contributed by atoms with Crippen LogP contribution in [0.2, 0.25) is 0 Å². The van der Waals surface area contributed by atoms with Crippen molar-refractivity contribution in [2.24, 2.45) is 0 Å². The van der Waals surface area contributed by atoms with E-state index >= 15 is 0 Å². The SMILES string of the molecule is CCNC(=O)C(C)Sc1cccc(CNC2CC2)c1. The molecule has 0 bridgehead atoms. The van der Waals surface area contributed by atoms with Crippen LogP contribution in [-0.2, 0) is 11.3 Å². The smallest absolute Gasteiger partial charge is 0.233 e. The summed E-state index contributed by atoms with van der Waals surface area (Å²) in [7, 11) is 0. The largest absolute Gasteiger partial charge is 0.355 e. The molecule has 1 amide bonds. The molecule has 0 radical (unpaired) electrons. The number of rotatable bonds is 7. The first kappa shape index (κ1) is 14.4. The van der Waals surface area contributed by atoms with Crippen LogP contribution in [-0.4, -0.2) is 23.7 Å². The van der Waals surface area contributed by atoms with Crippen LogP contribution in [0, 0.1) is 0 Å². The predicted octanol–water partition coefficient (Wildman–Crippen LogP) is 2.56. The molecule has 104 valence electrons. The van der Waals surface area contributed by atoms with Gasteiger partial charge in [-0.05, 0) is 44.4 Å². The molecular formula is C15H22N2OS. The van der Waals surface area contributed by atoms with Crippen molar-refractivity contribution in [3.8, 4) is 0 Å². The minimum Gasteiger partial charge on any atom is -0.355 e. The monoisotopic (exact) mass is 278 g/mol. The molecule has 1 unspecified atom stereocenters. The summed E-state index contributed by atoms with van der Waals surface area (Å²) in [5.41, 5.74) is 1.29. The second-order valence-corrected chi connectivity index (χ2v) is 6.37. The van der Waals surface area contributed by atoms with Crippen molar-refractivity contribution in [3.05, 3.63) is 29.8 Å². The first-order chi connectivity index (χ1) is 9.19. The number of nitrogens with one attached hydrogen (secondary N) is 2. The molecule has 1 aromatic carbocycles. The van der Waals surface area contributed by atoms with Gasteiger partial charge in [0.05, 0.1) is 5.25 Å². The molecule has 0 spiro atoms. The topological polar surface area (TPSA) is 41.1 Å². The fourth-order valence-corrected chi connectivity index (χ4v) is 2.83. The van der Waals surface area contributed by atoms with Gasteiger partial charge in [-0.1, -0.05) is 12.1 Å². The van der Waals surface area contributed by atoms with Gasteiger partial charge in [-0.3, -0.25) is 4.79 Å². The molecule has 1 fully saturated rings. The third kappa shape index (κ3) is 4.88. The molecule has 0 heterocycles. The zero-order valence-corrected chi connectivity index (χ0v) is 12.4. The van der Waals surface area contributed by atoms with Crippen molar-refractivity contribution in [1.82, 2.24) is 10.6 Å². The van der Waals surface area contributed by atoms with E-state index in [-0.39, 0.29) is 11.2 Å². The minimum absolute atomic E-state index is 0.0495. The molecule has 2 N–H and O–H groups in total. The van der Waals surface area contributed by atoms with Crippen LogP contribution in [0.5, 0.6) is 0 Å². The summed E-state index contributed by atoms with van der Waals surface area (Å²) < 4.78 is 0. The minimum atomic E-state index is -0.0495. The lowest BCUT2D eigenvalue weighted by molar-refractivity contribution is -0.120. The summed E-state index contributed by atoms with van der Waals surface area (Å²) in [6.07, 6.45) is 2.62. The van der Waals surface area contributed by atoms with E-state index in [0.717, 1.165) is 17.5 Å². The Kier molecular flexibility index (Phi) is 5.28. The standard InChI is InChI=1S/C15H22N2OS/c1-3-16-15(18)11(2)19-14-6-4-5-12(9-14)10-17-13-7-8-13/h4-6,9,11,13,17H,3,7-8,10H2,1-2H3,(H,16,18). The zero-order valence-electron chi connectivity index (χ0n) is 11.6. The maximum atomic E-state index is 11.7. The maximum absolute atomic E-state index is 11.7. The van der Waals surface area contributed by atoms with Crippen LogP contribution in [0.15, 0.2) is 29.2 Å². The van der Waals surface area contributed by atoms with Gasteiger partial charge < -0.3 is 10.6 Å². The van der Waals surface area contributed by atoms with E-state index in [4.69, 9.17) is 0 Å². The average Bonchev–Trinajstić information content (AvgIpc) is 3.21. The molecule has 0 saturated heterocycles. The first-order valence-electron chi connectivity index (χ1n) is 6.95. The summed E-state index contributed by atoms with van der Waals surface area (Å²) in [5, 5.41) is 6.31. The van der Waals surface area contributed by atoms with Gasteiger partial charge in [-0.25, -0.2) is 0 Å². The van der Waals surface area contributed by atoms with Gasteiger partial charge in [-0.2, -0.15) is 0 Å². The maximum Gasteiger partial charge on any atom is 0.233 e. The number of hydrogen-bond acceptors (Lipinski definition) is 3. The van der Waals surface area contributed by atoms with Gasteiger partial charge in [-0.15, -0.1) is 11.8 Å². The Morgan fingerprint density at radius 2 is 2.26 bits per heavy atom. The van der Waals surface area contributed by atoms with Gasteiger partial charge in [0.25, 0.3) is 0 Å². The van der Waals surface area contributed by atoms with Crippen molar-refractivity contribution in [2.75, 3.05) is 6.54 Å². The molecule has 19 heavy (non-hydrogen) atoms. The normalized spacial score (nSPS) is 16.1. The lowest BCUT2D eigenvalue weighted by Crippen LogP contribution is -2.30. The van der Waals surface area contributed by atoms with E-state index < -0.39 is 0 Å². The first-order valence-corrected chi connectivity index (χ1v) is 7.83. The average molecular weight is 278 g/mol. The number of hydrogen-bond donors (Lipinski definition) is 2. The van der Waals surface area contributed by atoms with Gasteiger partial charge in [0.2, 0.25) is 5.91 Å². The van der Waals surface area contributed by atoms with Crippen molar-refractivity contribution in [1.29, 1.82) is 0 Å². The summed E-state index contributed by atoms with van der Waals surface area (Å²) in [6.45, 7) is 5.51. The molecule has 3 nitrogen and oxygen atoms in total. The van der Waals surface area contributed by atoms with E-state index in [9.17, 15) is 4.79 Å². The van der Waals surface area contributed by atoms with Crippen LogP contribution in [0.25, 0.3) is 0 Å². The molecule has 2 rings (SSSR count). The van der Waals surface area contributed by atoms with E-state index in [1.807, 2.05) is 13.8 Å². The number of amides is 1. The van der Waals surface area contributed by atoms with Gasteiger partial charge in [0.1, 0.15) is 0 Å². The molecule has 0 aromatic heterocycles. The van der Waals surface area contributed by atoms with Crippen LogP contribution in [0.1, 0.15) is 32.3 Å².